The molecule has 0 radical (unpaired) electrons. The zero-order chi connectivity index (χ0) is 14.0. The van der Waals surface area contributed by atoms with E-state index < -0.39 is 5.25 Å². The van der Waals surface area contributed by atoms with E-state index in [-0.39, 0.29) is 5.78 Å². The summed E-state index contributed by atoms with van der Waals surface area (Å²) in [4.78, 5) is 12.5. The molecule has 1 nitrogen and oxygen atoms in total. The molecule has 0 saturated heterocycles. The highest BCUT2D eigenvalue weighted by Crippen LogP contribution is 2.30. The minimum absolute atomic E-state index is 0.0546. The monoisotopic (exact) mass is 270 g/mol. The summed E-state index contributed by atoms with van der Waals surface area (Å²) < 4.78 is 0. The molecule has 0 aromatic heterocycles. The second kappa shape index (κ2) is 5.62. The fraction of sp³-hybridized carbons (Fsp3) is 0.235. The Morgan fingerprint density at radius 2 is 1.53 bits per heavy atom. The first-order chi connectivity index (χ1) is 9.00. The van der Waals surface area contributed by atoms with Gasteiger partial charge in [0.2, 0.25) is 0 Å². The summed E-state index contributed by atoms with van der Waals surface area (Å²) in [6, 6.07) is 13.5. The van der Waals surface area contributed by atoms with Gasteiger partial charge in [0.15, 0.2) is 5.78 Å². The quantitative estimate of drug-likeness (QED) is 0.643. The van der Waals surface area contributed by atoms with Gasteiger partial charge >= 0.3 is 0 Å². The van der Waals surface area contributed by atoms with Gasteiger partial charge < -0.3 is 0 Å². The molecule has 0 aliphatic carbocycles. The van der Waals surface area contributed by atoms with E-state index in [1.54, 1.807) is 0 Å². The fourth-order valence-electron chi connectivity index (χ4n) is 2.51. The number of ketones is 1. The first-order valence-electron chi connectivity index (χ1n) is 6.36. The van der Waals surface area contributed by atoms with E-state index in [0.29, 0.717) is 5.56 Å². The van der Waals surface area contributed by atoms with E-state index >= 15 is 0 Å². The van der Waals surface area contributed by atoms with Crippen LogP contribution >= 0.6 is 12.6 Å². The third-order valence-corrected chi connectivity index (χ3v) is 3.81. The lowest BCUT2D eigenvalue weighted by Crippen LogP contribution is -2.10. The molecular formula is C17H18OS. The van der Waals surface area contributed by atoms with Gasteiger partial charge in [0.25, 0.3) is 0 Å². The van der Waals surface area contributed by atoms with Crippen LogP contribution in [0.2, 0.25) is 0 Å². The summed E-state index contributed by atoms with van der Waals surface area (Å²) >= 11 is 4.55. The van der Waals surface area contributed by atoms with Crippen molar-refractivity contribution in [3.05, 3.63) is 70.3 Å². The molecule has 0 aliphatic heterocycles. The number of hydrogen-bond donors (Lipinski definition) is 1. The maximum Gasteiger partial charge on any atom is 0.179 e. The van der Waals surface area contributed by atoms with Gasteiger partial charge in [-0.3, -0.25) is 4.79 Å². The highest BCUT2D eigenvalue weighted by atomic mass is 32.1. The number of thiol groups is 1. The molecule has 0 N–H and O–H groups in total. The molecule has 0 spiro atoms. The van der Waals surface area contributed by atoms with Crippen LogP contribution in [0.4, 0.5) is 0 Å². The number of Topliss-reactive ketones (excluding diaryl/α,β-unsaturated/α-hetero) is 1. The summed E-state index contributed by atoms with van der Waals surface area (Å²) in [5, 5.41) is -0.400. The fourth-order valence-corrected chi connectivity index (χ4v) is 3.07. The molecule has 1 atom stereocenters. The maximum absolute atomic E-state index is 12.5. The normalized spacial score (nSPS) is 12.2. The average molecular weight is 270 g/mol. The van der Waals surface area contributed by atoms with Gasteiger partial charge in [-0.1, -0.05) is 48.0 Å². The van der Waals surface area contributed by atoms with Gasteiger partial charge in [-0.25, -0.2) is 0 Å². The van der Waals surface area contributed by atoms with Crippen LogP contribution in [0.15, 0.2) is 42.5 Å². The molecular weight excluding hydrogens is 252 g/mol. The van der Waals surface area contributed by atoms with E-state index in [9.17, 15) is 4.79 Å². The van der Waals surface area contributed by atoms with E-state index in [1.807, 2.05) is 44.2 Å². The van der Waals surface area contributed by atoms with Crippen LogP contribution in [-0.2, 0) is 0 Å². The van der Waals surface area contributed by atoms with E-state index in [1.165, 1.54) is 5.56 Å². The van der Waals surface area contributed by atoms with Crippen molar-refractivity contribution in [3.63, 3.8) is 0 Å². The second-order valence-electron chi connectivity index (χ2n) is 4.95. The van der Waals surface area contributed by atoms with Crippen molar-refractivity contribution >= 4 is 18.4 Å². The number of benzene rings is 2. The number of rotatable bonds is 3. The molecule has 0 saturated carbocycles. The van der Waals surface area contributed by atoms with Crippen molar-refractivity contribution in [2.24, 2.45) is 0 Å². The van der Waals surface area contributed by atoms with Crippen LogP contribution in [0.3, 0.4) is 0 Å². The molecule has 0 amide bonds. The maximum atomic E-state index is 12.5. The van der Waals surface area contributed by atoms with Crippen LogP contribution in [-0.4, -0.2) is 5.78 Å². The summed E-state index contributed by atoms with van der Waals surface area (Å²) in [5.41, 5.74) is 5.21. The number of carbonyl (C=O) groups is 1. The molecule has 0 heterocycles. The molecule has 0 bridgehead atoms. The lowest BCUT2D eigenvalue weighted by atomic mass is 9.93. The molecule has 0 fully saturated rings. The minimum Gasteiger partial charge on any atom is -0.293 e. The number of aryl methyl sites for hydroxylation is 3. The Morgan fingerprint density at radius 3 is 2.05 bits per heavy atom. The second-order valence-corrected chi connectivity index (χ2v) is 5.46. The molecule has 19 heavy (non-hydrogen) atoms. The predicted molar refractivity (Wildman–Crippen MR) is 83.2 cm³/mol. The molecule has 0 aliphatic rings. The van der Waals surface area contributed by atoms with Gasteiger partial charge in [-0.2, -0.15) is 12.6 Å². The van der Waals surface area contributed by atoms with Gasteiger partial charge in [0.1, 0.15) is 0 Å². The van der Waals surface area contributed by atoms with Gasteiger partial charge in [-0.15, -0.1) is 0 Å². The third-order valence-electron chi connectivity index (χ3n) is 3.32. The molecule has 2 aromatic carbocycles. The average Bonchev–Trinajstić information content (AvgIpc) is 2.37. The van der Waals surface area contributed by atoms with Crippen molar-refractivity contribution in [1.82, 2.24) is 0 Å². The lowest BCUT2D eigenvalue weighted by Gasteiger charge is -2.17. The van der Waals surface area contributed by atoms with Crippen molar-refractivity contribution in [2.75, 3.05) is 0 Å². The zero-order valence-electron chi connectivity index (χ0n) is 11.5. The smallest absolute Gasteiger partial charge is 0.179 e. The summed E-state index contributed by atoms with van der Waals surface area (Å²) in [7, 11) is 0. The zero-order valence-corrected chi connectivity index (χ0v) is 12.4. The van der Waals surface area contributed by atoms with Gasteiger partial charge in [0.05, 0.1) is 5.25 Å². The molecule has 98 valence electrons. The highest BCUT2D eigenvalue weighted by Gasteiger charge is 2.21. The van der Waals surface area contributed by atoms with Crippen LogP contribution in [0.5, 0.6) is 0 Å². The first-order valence-corrected chi connectivity index (χ1v) is 6.87. The largest absolute Gasteiger partial charge is 0.293 e. The number of carbonyl (C=O) groups excluding carboxylic acids is 1. The summed E-state index contributed by atoms with van der Waals surface area (Å²) in [6.07, 6.45) is 0. The third kappa shape index (κ3) is 2.90. The first kappa shape index (κ1) is 13.9. The van der Waals surface area contributed by atoms with E-state index in [4.69, 9.17) is 0 Å². The van der Waals surface area contributed by atoms with Crippen LogP contribution in [0, 0.1) is 20.8 Å². The van der Waals surface area contributed by atoms with Crippen molar-refractivity contribution in [3.8, 4) is 0 Å². The molecule has 2 aromatic rings. The van der Waals surface area contributed by atoms with Crippen LogP contribution in [0.25, 0.3) is 0 Å². The van der Waals surface area contributed by atoms with Crippen molar-refractivity contribution in [1.29, 1.82) is 0 Å². The van der Waals surface area contributed by atoms with E-state index in [0.717, 1.165) is 16.7 Å². The topological polar surface area (TPSA) is 17.1 Å². The van der Waals surface area contributed by atoms with Crippen molar-refractivity contribution in [2.45, 2.75) is 26.0 Å². The Hall–Kier alpha value is -1.54. The molecule has 1 unspecified atom stereocenters. The Morgan fingerprint density at radius 1 is 1.00 bits per heavy atom. The summed E-state index contributed by atoms with van der Waals surface area (Å²) in [6.45, 7) is 6.14. The van der Waals surface area contributed by atoms with Crippen LogP contribution < -0.4 is 0 Å². The Balaban J connectivity index is 2.40. The highest BCUT2D eigenvalue weighted by molar-refractivity contribution is 7.81. The van der Waals surface area contributed by atoms with Crippen LogP contribution in [0.1, 0.15) is 37.9 Å². The standard InChI is InChI=1S/C17H18OS/c1-11-9-12(2)15(13(3)10-11)17(19)16(18)14-7-5-4-6-8-14/h4-10,17,19H,1-3H3. The van der Waals surface area contributed by atoms with Gasteiger partial charge in [-0.05, 0) is 37.5 Å². The summed E-state index contributed by atoms with van der Waals surface area (Å²) in [5.74, 6) is 0.0546. The SMILES string of the molecule is Cc1cc(C)c(C(S)C(=O)c2ccccc2)c(C)c1. The minimum atomic E-state index is -0.400. The molecule has 2 heteroatoms. The Bertz CT molecular complexity index is 579. The Kier molecular flexibility index (Phi) is 4.11. The van der Waals surface area contributed by atoms with Crippen molar-refractivity contribution < 1.29 is 4.79 Å². The molecule has 2 rings (SSSR count). The lowest BCUT2D eigenvalue weighted by molar-refractivity contribution is 0.0989. The van der Waals surface area contributed by atoms with E-state index in [2.05, 4.69) is 31.7 Å². The predicted octanol–water partition coefficient (Wildman–Crippen LogP) is 4.47. The Labute approximate surface area is 120 Å². The number of hydrogen-bond acceptors (Lipinski definition) is 2. The van der Waals surface area contributed by atoms with Gasteiger partial charge in [0, 0.05) is 5.56 Å².